The van der Waals surface area contributed by atoms with Crippen LogP contribution < -0.4 is 14.8 Å². The summed E-state index contributed by atoms with van der Waals surface area (Å²) < 4.78 is 40.4. The number of hydrogen-bond acceptors (Lipinski definition) is 7. The van der Waals surface area contributed by atoms with Crippen molar-refractivity contribution in [3.63, 3.8) is 0 Å². The standard InChI is InChI=1S/C27H31F2N5O3/c1-16-20(28)8-9-21(26(16)29)32-27-19-12-24(23(36-3)13-22(19)30-15-31-27)37-18-6-4-17(5-7-18)34-11-10-33(2)25(35)14-34/h8-9,12-13,15,17-18H,4-7,10-11,14H2,1-3H3,(H,30,31,32). The van der Waals surface area contributed by atoms with E-state index in [9.17, 15) is 13.6 Å². The number of ether oxygens (including phenoxy) is 2. The molecule has 1 saturated heterocycles. The number of rotatable bonds is 6. The Morgan fingerprint density at radius 1 is 1.05 bits per heavy atom. The molecule has 1 saturated carbocycles. The van der Waals surface area contributed by atoms with E-state index in [4.69, 9.17) is 9.47 Å². The average Bonchev–Trinajstić information content (AvgIpc) is 2.91. The Bertz CT molecular complexity index is 1310. The van der Waals surface area contributed by atoms with Crippen molar-refractivity contribution in [2.24, 2.45) is 0 Å². The maximum atomic E-state index is 14.6. The molecule has 0 atom stereocenters. The molecule has 1 N–H and O–H groups in total. The number of likely N-dealkylation sites (N-methyl/N-ethyl adjacent to an activating group) is 1. The molecule has 1 amide bonds. The molecule has 0 spiro atoms. The van der Waals surface area contributed by atoms with E-state index in [1.165, 1.54) is 25.4 Å². The lowest BCUT2D eigenvalue weighted by Gasteiger charge is -2.40. The fraction of sp³-hybridized carbons (Fsp3) is 0.444. The van der Waals surface area contributed by atoms with E-state index in [2.05, 4.69) is 20.2 Å². The van der Waals surface area contributed by atoms with Crippen molar-refractivity contribution in [1.82, 2.24) is 19.8 Å². The van der Waals surface area contributed by atoms with E-state index in [1.54, 1.807) is 24.1 Å². The van der Waals surface area contributed by atoms with Crippen molar-refractivity contribution in [2.45, 2.75) is 44.8 Å². The predicted octanol–water partition coefficient (Wildman–Crippen LogP) is 4.43. The van der Waals surface area contributed by atoms with Gasteiger partial charge in [-0.05, 0) is 50.8 Å². The summed E-state index contributed by atoms with van der Waals surface area (Å²) in [6, 6.07) is 6.52. The van der Waals surface area contributed by atoms with Crippen LogP contribution in [0.15, 0.2) is 30.6 Å². The van der Waals surface area contributed by atoms with E-state index in [0.29, 0.717) is 40.8 Å². The average molecular weight is 512 g/mol. The Morgan fingerprint density at radius 2 is 1.84 bits per heavy atom. The zero-order chi connectivity index (χ0) is 26.1. The number of aromatic nitrogens is 2. The van der Waals surface area contributed by atoms with Gasteiger partial charge in [0.25, 0.3) is 0 Å². The third-order valence-corrected chi connectivity index (χ3v) is 7.43. The van der Waals surface area contributed by atoms with Gasteiger partial charge >= 0.3 is 0 Å². The third kappa shape index (κ3) is 5.16. The van der Waals surface area contributed by atoms with Crippen molar-refractivity contribution < 1.29 is 23.0 Å². The van der Waals surface area contributed by atoms with Gasteiger partial charge in [0.1, 0.15) is 18.0 Å². The number of carbonyl (C=O) groups is 1. The number of nitrogens with zero attached hydrogens (tertiary/aromatic N) is 4. The monoisotopic (exact) mass is 511 g/mol. The summed E-state index contributed by atoms with van der Waals surface area (Å²) in [5.41, 5.74) is 0.660. The van der Waals surface area contributed by atoms with Crippen LogP contribution in [0.5, 0.6) is 11.5 Å². The highest BCUT2D eigenvalue weighted by molar-refractivity contribution is 5.93. The van der Waals surface area contributed by atoms with Gasteiger partial charge in [0, 0.05) is 43.2 Å². The summed E-state index contributed by atoms with van der Waals surface area (Å²) in [5.74, 6) is 0.383. The molecular formula is C27H31F2N5O3. The molecule has 5 rings (SSSR count). The molecule has 2 aromatic carbocycles. The second-order valence-electron chi connectivity index (χ2n) is 9.74. The lowest BCUT2D eigenvalue weighted by atomic mass is 9.91. The molecule has 3 aromatic rings. The molecule has 0 radical (unpaired) electrons. The quantitative estimate of drug-likeness (QED) is 0.524. The molecule has 8 nitrogen and oxygen atoms in total. The van der Waals surface area contributed by atoms with Gasteiger partial charge in [0.2, 0.25) is 5.91 Å². The van der Waals surface area contributed by atoms with Gasteiger partial charge in [-0.25, -0.2) is 18.7 Å². The zero-order valence-electron chi connectivity index (χ0n) is 21.3. The van der Waals surface area contributed by atoms with E-state index in [1.807, 2.05) is 7.05 Å². The number of piperazine rings is 1. The van der Waals surface area contributed by atoms with E-state index in [0.717, 1.165) is 38.8 Å². The van der Waals surface area contributed by atoms with Crippen LogP contribution >= 0.6 is 0 Å². The zero-order valence-corrected chi connectivity index (χ0v) is 21.3. The molecule has 1 aliphatic heterocycles. The first kappa shape index (κ1) is 25.1. The molecule has 2 aliphatic rings. The van der Waals surface area contributed by atoms with Crippen molar-refractivity contribution >= 4 is 28.3 Å². The first-order valence-corrected chi connectivity index (χ1v) is 12.5. The van der Waals surface area contributed by atoms with Gasteiger partial charge in [0.15, 0.2) is 17.3 Å². The van der Waals surface area contributed by atoms with Crippen molar-refractivity contribution in [3.05, 3.63) is 47.8 Å². The van der Waals surface area contributed by atoms with Gasteiger partial charge in [0.05, 0.1) is 31.0 Å². The smallest absolute Gasteiger partial charge is 0.236 e. The first-order valence-electron chi connectivity index (χ1n) is 12.5. The van der Waals surface area contributed by atoms with Gasteiger partial charge in [-0.1, -0.05) is 0 Å². The number of benzene rings is 2. The first-order chi connectivity index (χ1) is 17.8. The number of fused-ring (bicyclic) bond motifs is 1. The minimum atomic E-state index is -0.671. The normalized spacial score (nSPS) is 20.8. The Kier molecular flexibility index (Phi) is 7.10. The molecule has 196 valence electrons. The van der Waals surface area contributed by atoms with Crippen molar-refractivity contribution in [2.75, 3.05) is 39.1 Å². The maximum Gasteiger partial charge on any atom is 0.236 e. The van der Waals surface area contributed by atoms with Crippen molar-refractivity contribution in [3.8, 4) is 11.5 Å². The van der Waals surface area contributed by atoms with E-state index < -0.39 is 11.6 Å². The minimum absolute atomic E-state index is 0.00370. The number of carbonyl (C=O) groups excluding carboxylic acids is 1. The second-order valence-corrected chi connectivity index (χ2v) is 9.74. The molecular weight excluding hydrogens is 480 g/mol. The molecule has 2 heterocycles. The van der Waals surface area contributed by atoms with Crippen LogP contribution in [0.3, 0.4) is 0 Å². The van der Waals surface area contributed by atoms with Crippen LogP contribution in [-0.4, -0.2) is 71.6 Å². The molecule has 10 heteroatoms. The molecule has 2 fully saturated rings. The molecule has 0 unspecified atom stereocenters. The Hall–Kier alpha value is -3.53. The van der Waals surface area contributed by atoms with Crippen LogP contribution in [0.2, 0.25) is 0 Å². The summed E-state index contributed by atoms with van der Waals surface area (Å²) in [5, 5.41) is 3.60. The molecule has 1 aliphatic carbocycles. The van der Waals surface area contributed by atoms with Gasteiger partial charge in [-0.3, -0.25) is 9.69 Å². The number of amides is 1. The molecule has 37 heavy (non-hydrogen) atoms. The topological polar surface area (TPSA) is 79.8 Å². The van der Waals surface area contributed by atoms with Crippen LogP contribution in [0.1, 0.15) is 31.2 Å². The van der Waals surface area contributed by atoms with Gasteiger partial charge < -0.3 is 19.7 Å². The number of hydrogen-bond donors (Lipinski definition) is 1. The fourth-order valence-electron chi connectivity index (χ4n) is 5.10. The lowest BCUT2D eigenvalue weighted by molar-refractivity contribution is -0.135. The number of halogens is 2. The maximum absolute atomic E-state index is 14.6. The van der Waals surface area contributed by atoms with Crippen LogP contribution in [-0.2, 0) is 4.79 Å². The Labute approximate surface area is 214 Å². The highest BCUT2D eigenvalue weighted by Crippen LogP contribution is 2.37. The molecule has 0 bridgehead atoms. The highest BCUT2D eigenvalue weighted by Gasteiger charge is 2.31. The van der Waals surface area contributed by atoms with E-state index >= 15 is 0 Å². The molecule has 1 aromatic heterocycles. The Balaban J connectivity index is 1.33. The Morgan fingerprint density at radius 3 is 2.57 bits per heavy atom. The highest BCUT2D eigenvalue weighted by atomic mass is 19.1. The van der Waals surface area contributed by atoms with Gasteiger partial charge in [-0.2, -0.15) is 0 Å². The second kappa shape index (κ2) is 10.5. The number of anilines is 2. The largest absolute Gasteiger partial charge is 0.493 e. The van der Waals surface area contributed by atoms with Crippen LogP contribution in [0.25, 0.3) is 10.9 Å². The summed E-state index contributed by atoms with van der Waals surface area (Å²) >= 11 is 0. The number of methoxy groups -OCH3 is 1. The minimum Gasteiger partial charge on any atom is -0.493 e. The SMILES string of the molecule is COc1cc2ncnc(Nc3ccc(F)c(C)c3F)c2cc1OC1CCC(N2CCN(C)C(=O)C2)CC1. The summed E-state index contributed by atoms with van der Waals surface area (Å²) in [7, 11) is 3.43. The van der Waals surface area contributed by atoms with Crippen LogP contribution in [0.4, 0.5) is 20.3 Å². The summed E-state index contributed by atoms with van der Waals surface area (Å²) in [6.07, 6.45) is 5.02. The summed E-state index contributed by atoms with van der Waals surface area (Å²) in [6.45, 7) is 3.54. The fourth-order valence-corrected chi connectivity index (χ4v) is 5.10. The lowest BCUT2D eigenvalue weighted by Crippen LogP contribution is -2.53. The third-order valence-electron chi connectivity index (χ3n) is 7.43. The van der Waals surface area contributed by atoms with Crippen molar-refractivity contribution in [1.29, 1.82) is 0 Å². The predicted molar refractivity (Wildman–Crippen MR) is 136 cm³/mol. The van der Waals surface area contributed by atoms with Crippen LogP contribution in [0, 0.1) is 18.6 Å². The van der Waals surface area contributed by atoms with Gasteiger partial charge in [-0.15, -0.1) is 0 Å². The summed E-state index contributed by atoms with van der Waals surface area (Å²) in [4.78, 5) is 24.8. The van der Waals surface area contributed by atoms with E-state index in [-0.39, 0.29) is 23.3 Å². The number of nitrogens with one attached hydrogen (secondary N) is 1.